The Morgan fingerprint density at radius 2 is 1.92 bits per heavy atom. The Balaban J connectivity index is 1.66. The second-order valence-corrected chi connectivity index (χ2v) is 6.67. The molecule has 0 spiro atoms. The third-order valence-corrected chi connectivity index (χ3v) is 5.27. The van der Waals surface area contributed by atoms with Crippen molar-refractivity contribution in [3.63, 3.8) is 0 Å². The average molecular weight is 340 g/mol. The van der Waals surface area contributed by atoms with Crippen molar-refractivity contribution in [2.24, 2.45) is 5.92 Å². The number of nitrogens with zero attached hydrogens (tertiary/aromatic N) is 4. The maximum Gasteiger partial charge on any atom is 0.332 e. The number of aryl methyl sites for hydroxylation is 1. The number of benzene rings is 1. The Hall–Kier alpha value is -2.70. The summed E-state index contributed by atoms with van der Waals surface area (Å²) in [6.07, 6.45) is 0.812. The molecule has 1 aromatic carbocycles. The zero-order valence-corrected chi connectivity index (χ0v) is 14.1. The van der Waals surface area contributed by atoms with Gasteiger partial charge in [0.1, 0.15) is 5.82 Å². The van der Waals surface area contributed by atoms with Crippen molar-refractivity contribution < 1.29 is 4.79 Å². The van der Waals surface area contributed by atoms with E-state index >= 15 is 0 Å². The quantitative estimate of drug-likeness (QED) is 0.754. The molecule has 4 rings (SSSR count). The molecule has 2 aliphatic rings. The van der Waals surface area contributed by atoms with E-state index in [4.69, 9.17) is 0 Å². The Kier molecular flexibility index (Phi) is 3.78. The topological polar surface area (TPSA) is 77.2 Å². The summed E-state index contributed by atoms with van der Waals surface area (Å²) in [6, 6.07) is 9.22. The highest BCUT2D eigenvalue weighted by Gasteiger charge is 2.41. The normalized spacial score (nSPS) is 21.7. The summed E-state index contributed by atoms with van der Waals surface area (Å²) < 4.78 is 2.74. The van der Waals surface area contributed by atoms with Crippen LogP contribution in [0.5, 0.6) is 0 Å². The minimum Gasteiger partial charge on any atom is -0.338 e. The summed E-state index contributed by atoms with van der Waals surface area (Å²) >= 11 is 0. The monoisotopic (exact) mass is 340 g/mol. The molecule has 0 saturated carbocycles. The zero-order chi connectivity index (χ0) is 17.6. The van der Waals surface area contributed by atoms with Gasteiger partial charge in [-0.1, -0.05) is 18.2 Å². The van der Waals surface area contributed by atoms with E-state index in [1.54, 1.807) is 6.92 Å². The Labute approximate surface area is 144 Å². The third-order valence-electron chi connectivity index (χ3n) is 5.27. The van der Waals surface area contributed by atoms with Crippen LogP contribution in [0.15, 0.2) is 39.9 Å². The first-order chi connectivity index (χ1) is 12.1. The van der Waals surface area contributed by atoms with Gasteiger partial charge >= 0.3 is 11.1 Å². The van der Waals surface area contributed by atoms with Crippen molar-refractivity contribution >= 4 is 5.91 Å². The second-order valence-electron chi connectivity index (χ2n) is 6.67. The van der Waals surface area contributed by atoms with E-state index in [0.29, 0.717) is 37.6 Å². The largest absolute Gasteiger partial charge is 0.338 e. The number of carbonyl (C=O) groups is 1. The summed E-state index contributed by atoms with van der Waals surface area (Å²) in [7, 11) is 0. The lowest BCUT2D eigenvalue weighted by Gasteiger charge is -2.34. The molecule has 0 N–H and O–H groups in total. The van der Waals surface area contributed by atoms with Crippen LogP contribution in [0, 0.1) is 5.92 Å². The summed E-state index contributed by atoms with van der Waals surface area (Å²) in [5.74, 6) is 0.908. The SMILES string of the molecule is CCn1nc2n(c(=O)c1=O)C[C@@H]1CCN(C(=O)c3ccccc3)C[C@H]21. The van der Waals surface area contributed by atoms with E-state index < -0.39 is 11.1 Å². The highest BCUT2D eigenvalue weighted by atomic mass is 16.2. The smallest absolute Gasteiger partial charge is 0.332 e. The molecule has 0 radical (unpaired) electrons. The first-order valence-electron chi connectivity index (χ1n) is 8.66. The van der Waals surface area contributed by atoms with Gasteiger partial charge in [-0.2, -0.15) is 5.10 Å². The fourth-order valence-corrected chi connectivity index (χ4v) is 3.91. The number of rotatable bonds is 2. The molecular formula is C18H20N4O3. The van der Waals surface area contributed by atoms with Crippen molar-refractivity contribution in [3.8, 4) is 0 Å². The predicted octanol–water partition coefficient (Wildman–Crippen LogP) is 0.684. The number of hydrogen-bond acceptors (Lipinski definition) is 4. The lowest BCUT2D eigenvalue weighted by molar-refractivity contribution is 0.0667. The summed E-state index contributed by atoms with van der Waals surface area (Å²) in [5.41, 5.74) is -0.396. The summed E-state index contributed by atoms with van der Waals surface area (Å²) in [4.78, 5) is 38.9. The molecule has 7 heteroatoms. The van der Waals surface area contributed by atoms with Crippen LogP contribution in [-0.2, 0) is 13.1 Å². The lowest BCUT2D eigenvalue weighted by Crippen LogP contribution is -2.44. The van der Waals surface area contributed by atoms with Gasteiger partial charge in [0, 0.05) is 37.7 Å². The van der Waals surface area contributed by atoms with Crippen LogP contribution in [0.3, 0.4) is 0 Å². The molecule has 7 nitrogen and oxygen atoms in total. The van der Waals surface area contributed by atoms with Gasteiger partial charge < -0.3 is 4.90 Å². The highest BCUT2D eigenvalue weighted by molar-refractivity contribution is 5.94. The molecule has 130 valence electrons. The highest BCUT2D eigenvalue weighted by Crippen LogP contribution is 2.37. The predicted molar refractivity (Wildman–Crippen MR) is 91.6 cm³/mol. The van der Waals surface area contributed by atoms with Gasteiger partial charge in [-0.05, 0) is 31.4 Å². The molecule has 0 bridgehead atoms. The van der Waals surface area contributed by atoms with Crippen LogP contribution in [0.1, 0.15) is 35.4 Å². The molecule has 25 heavy (non-hydrogen) atoms. The number of carbonyl (C=O) groups excluding carboxylic acids is 1. The van der Waals surface area contributed by atoms with Gasteiger partial charge in [-0.3, -0.25) is 19.0 Å². The van der Waals surface area contributed by atoms with Gasteiger partial charge in [0.15, 0.2) is 0 Å². The zero-order valence-electron chi connectivity index (χ0n) is 14.1. The van der Waals surface area contributed by atoms with Crippen molar-refractivity contribution in [3.05, 3.63) is 62.4 Å². The maximum absolute atomic E-state index is 12.7. The number of amides is 1. The van der Waals surface area contributed by atoms with Crippen LogP contribution in [0.25, 0.3) is 0 Å². The van der Waals surface area contributed by atoms with E-state index in [1.165, 1.54) is 9.25 Å². The Morgan fingerprint density at radius 1 is 1.16 bits per heavy atom. The number of likely N-dealkylation sites (tertiary alicyclic amines) is 1. The minimum absolute atomic E-state index is 0.00339. The number of fused-ring (bicyclic) bond motifs is 3. The Morgan fingerprint density at radius 3 is 2.64 bits per heavy atom. The van der Waals surface area contributed by atoms with Gasteiger partial charge in [0.05, 0.1) is 0 Å². The first-order valence-corrected chi connectivity index (χ1v) is 8.66. The Bertz CT molecular complexity index is 932. The van der Waals surface area contributed by atoms with Gasteiger partial charge in [0.25, 0.3) is 5.91 Å². The van der Waals surface area contributed by atoms with Crippen LogP contribution < -0.4 is 11.1 Å². The fourth-order valence-electron chi connectivity index (χ4n) is 3.91. The van der Waals surface area contributed by atoms with Gasteiger partial charge in [0.2, 0.25) is 0 Å². The molecular weight excluding hydrogens is 320 g/mol. The third kappa shape index (κ3) is 2.50. The molecule has 1 aromatic heterocycles. The summed E-state index contributed by atoms with van der Waals surface area (Å²) in [6.45, 7) is 3.89. The average Bonchev–Trinajstić information content (AvgIpc) is 3.02. The number of piperidine rings is 1. The molecule has 2 aromatic rings. The molecule has 1 fully saturated rings. The van der Waals surface area contributed by atoms with Gasteiger partial charge in [-0.25, -0.2) is 4.68 Å². The summed E-state index contributed by atoms with van der Waals surface area (Å²) in [5, 5.41) is 4.41. The van der Waals surface area contributed by atoms with Gasteiger partial charge in [-0.15, -0.1) is 0 Å². The maximum atomic E-state index is 12.7. The van der Waals surface area contributed by atoms with E-state index in [2.05, 4.69) is 5.10 Å². The first kappa shape index (κ1) is 15.8. The van der Waals surface area contributed by atoms with Crippen molar-refractivity contribution in [2.45, 2.75) is 32.4 Å². The number of hydrogen-bond donors (Lipinski definition) is 0. The second kappa shape index (κ2) is 5.98. The van der Waals surface area contributed by atoms with E-state index in [0.717, 1.165) is 6.42 Å². The van der Waals surface area contributed by atoms with Crippen molar-refractivity contribution in [1.82, 2.24) is 19.2 Å². The molecule has 3 heterocycles. The molecule has 0 unspecified atom stereocenters. The van der Waals surface area contributed by atoms with Crippen LogP contribution in [0.4, 0.5) is 0 Å². The lowest BCUT2D eigenvalue weighted by atomic mass is 9.87. The van der Waals surface area contributed by atoms with Crippen LogP contribution in [-0.4, -0.2) is 38.2 Å². The number of aromatic nitrogens is 3. The fraction of sp³-hybridized carbons (Fsp3) is 0.444. The molecule has 2 atom stereocenters. The van der Waals surface area contributed by atoms with E-state index in [9.17, 15) is 14.4 Å². The van der Waals surface area contributed by atoms with E-state index in [1.807, 2.05) is 35.2 Å². The molecule has 1 saturated heterocycles. The van der Waals surface area contributed by atoms with E-state index in [-0.39, 0.29) is 17.7 Å². The standard InChI is InChI=1S/C18H20N4O3/c1-2-22-18(25)17(24)21-10-13-8-9-20(11-14(13)15(21)19-22)16(23)12-6-4-3-5-7-12/h3-7,13-14H,2,8-11H2,1H3/t13-,14-/m0/s1. The van der Waals surface area contributed by atoms with Crippen molar-refractivity contribution in [2.75, 3.05) is 13.1 Å². The molecule has 0 aliphatic carbocycles. The van der Waals surface area contributed by atoms with Crippen LogP contribution >= 0.6 is 0 Å². The minimum atomic E-state index is -0.567. The molecule has 2 aliphatic heterocycles. The molecule has 1 amide bonds. The van der Waals surface area contributed by atoms with Crippen LogP contribution in [0.2, 0.25) is 0 Å². The van der Waals surface area contributed by atoms with Crippen molar-refractivity contribution in [1.29, 1.82) is 0 Å².